The lowest BCUT2D eigenvalue weighted by molar-refractivity contribution is -0.303. The summed E-state index contributed by atoms with van der Waals surface area (Å²) >= 11 is 0. The van der Waals surface area contributed by atoms with E-state index < -0.39 is 28.9 Å². The first-order valence-corrected chi connectivity index (χ1v) is 11.8. The predicted octanol–water partition coefficient (Wildman–Crippen LogP) is 1.43. The van der Waals surface area contributed by atoms with E-state index in [1.165, 1.54) is 0 Å². The highest BCUT2D eigenvalue weighted by atomic mass is 16.5. The molecule has 6 nitrogen and oxygen atoms in total. The molecule has 3 saturated heterocycles. The monoisotopic (exact) mass is 415 g/mol. The Morgan fingerprint density at radius 3 is 2.70 bits per heavy atom. The van der Waals surface area contributed by atoms with Crippen LogP contribution in [0, 0.1) is 39.9 Å². The van der Waals surface area contributed by atoms with Crippen LogP contribution in [-0.4, -0.2) is 62.3 Å². The van der Waals surface area contributed by atoms with Crippen LogP contribution in [-0.2, 0) is 9.53 Å². The van der Waals surface area contributed by atoms with Crippen molar-refractivity contribution in [1.29, 1.82) is 0 Å². The molecule has 30 heavy (non-hydrogen) atoms. The van der Waals surface area contributed by atoms with Crippen molar-refractivity contribution >= 4 is 5.97 Å². The molecule has 12 atom stereocenters. The zero-order chi connectivity index (χ0) is 21.2. The topological polar surface area (TPSA) is 90.2 Å². The van der Waals surface area contributed by atoms with Gasteiger partial charge in [-0.2, -0.15) is 0 Å². The first-order valence-electron chi connectivity index (χ1n) is 11.8. The van der Waals surface area contributed by atoms with E-state index in [0.717, 1.165) is 25.8 Å². The van der Waals surface area contributed by atoms with Crippen molar-refractivity contribution in [3.63, 3.8) is 0 Å². The maximum Gasteiger partial charge on any atom is 0.308 e. The Labute approximate surface area is 177 Å². The average molecular weight is 416 g/mol. The van der Waals surface area contributed by atoms with Gasteiger partial charge in [0.25, 0.3) is 0 Å². The lowest BCUT2D eigenvalue weighted by atomic mass is 9.38. The van der Waals surface area contributed by atoms with E-state index in [1.807, 2.05) is 13.8 Å². The van der Waals surface area contributed by atoms with Crippen molar-refractivity contribution in [3.8, 4) is 0 Å². The summed E-state index contributed by atoms with van der Waals surface area (Å²) in [6.07, 6.45) is 2.60. The molecule has 164 valence electrons. The van der Waals surface area contributed by atoms with Crippen molar-refractivity contribution in [2.75, 3.05) is 6.54 Å². The smallest absolute Gasteiger partial charge is 0.308 e. The number of esters is 1. The minimum atomic E-state index is -1.41. The molecule has 0 aromatic rings. The zero-order valence-electron chi connectivity index (χ0n) is 18.1. The normalized spacial score (nSPS) is 65.7. The maximum absolute atomic E-state index is 12.7. The Bertz CT molecular complexity index is 919. The van der Waals surface area contributed by atoms with Crippen LogP contribution in [0.4, 0.5) is 0 Å². The fourth-order valence-corrected chi connectivity index (χ4v) is 10.9. The van der Waals surface area contributed by atoms with E-state index in [1.54, 1.807) is 0 Å². The number of hydrogen-bond acceptors (Lipinski definition) is 6. The van der Waals surface area contributed by atoms with Gasteiger partial charge in [0.2, 0.25) is 0 Å². The van der Waals surface area contributed by atoms with E-state index in [4.69, 9.17) is 4.74 Å². The second kappa shape index (κ2) is 4.70. The van der Waals surface area contributed by atoms with Crippen molar-refractivity contribution < 1.29 is 24.9 Å². The predicted molar refractivity (Wildman–Crippen MR) is 107 cm³/mol. The number of aliphatic hydroxyl groups excluding tert-OH is 1. The molecule has 0 radical (unpaired) electrons. The zero-order valence-corrected chi connectivity index (χ0v) is 18.1. The number of nitrogens with zero attached hydrogens (tertiary/aromatic N) is 1. The third kappa shape index (κ3) is 1.44. The van der Waals surface area contributed by atoms with Crippen LogP contribution in [0.25, 0.3) is 0 Å². The van der Waals surface area contributed by atoms with Gasteiger partial charge in [0, 0.05) is 36.3 Å². The molecule has 0 aromatic heterocycles. The summed E-state index contributed by atoms with van der Waals surface area (Å²) in [4.78, 5) is 15.1. The highest BCUT2D eigenvalue weighted by molar-refractivity contribution is 5.72. The number of rotatable bonds is 2. The summed E-state index contributed by atoms with van der Waals surface area (Å²) in [6.45, 7) is 11.0. The minimum Gasteiger partial charge on any atom is -0.457 e. The Balaban J connectivity index is 1.47. The largest absolute Gasteiger partial charge is 0.457 e. The third-order valence-electron chi connectivity index (χ3n) is 11.2. The molecule has 9 aliphatic rings. The van der Waals surface area contributed by atoms with Crippen molar-refractivity contribution in [1.82, 2.24) is 4.90 Å². The summed E-state index contributed by atoms with van der Waals surface area (Å²) < 4.78 is 6.09. The van der Waals surface area contributed by atoms with Gasteiger partial charge in [-0.1, -0.05) is 33.8 Å². The second-order valence-electron chi connectivity index (χ2n) is 12.4. The molecule has 3 aliphatic heterocycles. The number of ether oxygens (including phenoxy) is 1. The number of aliphatic hydroxyl groups is 3. The maximum atomic E-state index is 12.7. The summed E-state index contributed by atoms with van der Waals surface area (Å²) in [7, 11) is 0. The van der Waals surface area contributed by atoms with Crippen molar-refractivity contribution in [2.45, 2.75) is 82.5 Å². The van der Waals surface area contributed by atoms with Crippen molar-refractivity contribution in [3.05, 3.63) is 12.2 Å². The molecule has 6 saturated carbocycles. The number of hydrogen-bond donors (Lipinski definition) is 3. The molecular formula is C24H33NO5. The summed E-state index contributed by atoms with van der Waals surface area (Å²) in [5, 5.41) is 35.6. The fourth-order valence-electron chi connectivity index (χ4n) is 10.9. The van der Waals surface area contributed by atoms with Crippen LogP contribution in [0.15, 0.2) is 12.2 Å². The van der Waals surface area contributed by atoms with E-state index in [0.29, 0.717) is 18.4 Å². The van der Waals surface area contributed by atoms with E-state index in [-0.39, 0.29) is 46.5 Å². The molecule has 9 bridgehead atoms. The molecule has 3 N–H and O–H groups in total. The molecular weight excluding hydrogens is 382 g/mol. The van der Waals surface area contributed by atoms with Crippen LogP contribution < -0.4 is 0 Å². The molecule has 0 amide bonds. The van der Waals surface area contributed by atoms with Gasteiger partial charge in [-0.25, -0.2) is 0 Å². The first kappa shape index (κ1) is 18.6. The molecule has 6 heteroatoms. The van der Waals surface area contributed by atoms with Gasteiger partial charge in [-0.3, -0.25) is 9.69 Å². The molecule has 6 aliphatic carbocycles. The van der Waals surface area contributed by atoms with Gasteiger partial charge in [-0.15, -0.1) is 0 Å². The van der Waals surface area contributed by atoms with Gasteiger partial charge < -0.3 is 20.1 Å². The molecule has 1 unspecified atom stereocenters. The standard InChI is InChI=1S/C24H33NO5/c1-11(2)18(27)30-17-12(3)23(28)8-13-15-21-7-5-6-20(4)10-25(15)24(29,19(20)21)9-22(13,17)14(21)16(23)26/h11,13-17,19,26,28-29H,3,5-10H2,1-2,4H3/t13-,14-,15+,16+,17-,19+,20-,21-,22+,23-,24+/m0/s1. The number of carbonyl (C=O) groups excluding carboxylic acids is 1. The molecule has 2 spiro atoms. The molecule has 9 rings (SSSR count). The summed E-state index contributed by atoms with van der Waals surface area (Å²) in [6, 6.07) is 0.150. The minimum absolute atomic E-state index is 0.0469. The van der Waals surface area contributed by atoms with Gasteiger partial charge in [0.05, 0.1) is 12.0 Å². The molecule has 0 aromatic carbocycles. The lowest BCUT2D eigenvalue weighted by Gasteiger charge is -2.69. The Morgan fingerprint density at radius 1 is 1.27 bits per heavy atom. The quantitative estimate of drug-likeness (QED) is 0.467. The van der Waals surface area contributed by atoms with Crippen molar-refractivity contribution in [2.24, 2.45) is 39.9 Å². The second-order valence-corrected chi connectivity index (χ2v) is 12.4. The van der Waals surface area contributed by atoms with Crippen LogP contribution in [0.3, 0.4) is 0 Å². The third-order valence-corrected chi connectivity index (χ3v) is 11.2. The van der Waals surface area contributed by atoms with E-state index >= 15 is 0 Å². The Morgan fingerprint density at radius 2 is 2.00 bits per heavy atom. The number of fused-ring (bicyclic) bond motifs is 1. The summed E-state index contributed by atoms with van der Waals surface area (Å²) in [5.74, 6) is -0.509. The highest BCUT2D eigenvalue weighted by Gasteiger charge is 2.95. The number of carbonyl (C=O) groups is 1. The number of piperidine rings is 2. The SMILES string of the molecule is C=C1[C@H](OC(=O)C(C)C)[C@@]23C[C@@]4(O)[C@@H]5[C@@]6(C)CCC[C@@]57[C@@H]2[C@@H](O)[C@]1(O)C[C@H]3[C@H]7N4C6. The van der Waals surface area contributed by atoms with Crippen LogP contribution in [0.2, 0.25) is 0 Å². The summed E-state index contributed by atoms with van der Waals surface area (Å²) in [5.41, 5.74) is -2.56. The fraction of sp³-hybridized carbons (Fsp3) is 0.875. The van der Waals surface area contributed by atoms with E-state index in [2.05, 4.69) is 18.4 Å². The molecule has 9 fully saturated rings. The van der Waals surface area contributed by atoms with Gasteiger partial charge in [0.15, 0.2) is 0 Å². The van der Waals surface area contributed by atoms with E-state index in [9.17, 15) is 20.1 Å². The van der Waals surface area contributed by atoms with Crippen LogP contribution >= 0.6 is 0 Å². The molecule has 3 heterocycles. The average Bonchev–Trinajstić information content (AvgIpc) is 3.03. The van der Waals surface area contributed by atoms with Gasteiger partial charge in [0.1, 0.15) is 17.4 Å². The van der Waals surface area contributed by atoms with Gasteiger partial charge >= 0.3 is 5.97 Å². The lowest BCUT2D eigenvalue weighted by Crippen LogP contribution is -2.77. The first-order chi connectivity index (χ1) is 14.0. The highest BCUT2D eigenvalue weighted by Crippen LogP contribution is 2.89. The Hall–Kier alpha value is -0.950. The Kier molecular flexibility index (Phi) is 2.92. The van der Waals surface area contributed by atoms with Gasteiger partial charge in [-0.05, 0) is 41.6 Å². The van der Waals surface area contributed by atoms with Crippen LogP contribution in [0.5, 0.6) is 0 Å². The van der Waals surface area contributed by atoms with Crippen LogP contribution in [0.1, 0.15) is 52.9 Å².